The van der Waals surface area contributed by atoms with E-state index in [-0.39, 0.29) is 28.3 Å². The number of amides is 2. The lowest BCUT2D eigenvalue weighted by Gasteiger charge is -2.16. The number of carbonyl (C=O) groups excluding carboxylic acids is 2. The van der Waals surface area contributed by atoms with E-state index in [1.165, 1.54) is 25.3 Å². The summed E-state index contributed by atoms with van der Waals surface area (Å²) in [4.78, 5) is 53.6. The van der Waals surface area contributed by atoms with Crippen molar-refractivity contribution in [3.8, 4) is 34.1 Å². The van der Waals surface area contributed by atoms with Crippen LogP contribution in [-0.2, 0) is 11.5 Å². The molecule has 0 bridgehead atoms. The molecule has 40 heavy (non-hydrogen) atoms. The first-order valence-electron chi connectivity index (χ1n) is 12.2. The summed E-state index contributed by atoms with van der Waals surface area (Å²) in [5.74, 6) is -1.03. The lowest BCUT2D eigenvalue weighted by Crippen LogP contribution is -2.29. The quantitative estimate of drug-likeness (QED) is 0.230. The fourth-order valence-corrected chi connectivity index (χ4v) is 4.92. The van der Waals surface area contributed by atoms with Crippen LogP contribution < -0.4 is 14.5 Å². The first-order chi connectivity index (χ1) is 19.4. The van der Waals surface area contributed by atoms with Gasteiger partial charge in [-0.2, -0.15) is 4.89 Å². The molecule has 0 aliphatic carbocycles. The van der Waals surface area contributed by atoms with Crippen molar-refractivity contribution in [2.45, 2.75) is 6.61 Å². The molecule has 2 aliphatic heterocycles. The number of methoxy groups -OCH3 is 1. The third-order valence-corrected chi connectivity index (χ3v) is 6.96. The van der Waals surface area contributed by atoms with Crippen LogP contribution in [-0.4, -0.2) is 35.0 Å². The minimum absolute atomic E-state index is 0.0279. The maximum absolute atomic E-state index is 13.2. The number of oxazole rings is 1. The molecule has 5 aromatic rings. The molecule has 7 rings (SSSR count). The largest absolute Gasteiger partial charge is 0.496 e. The van der Waals surface area contributed by atoms with Gasteiger partial charge in [0.05, 0.1) is 35.1 Å². The zero-order valence-corrected chi connectivity index (χ0v) is 20.8. The second-order valence-electron chi connectivity index (χ2n) is 9.27. The number of ether oxygens (including phenoxy) is 1. The third kappa shape index (κ3) is 3.62. The van der Waals surface area contributed by atoms with Gasteiger partial charge in [0.15, 0.2) is 11.3 Å². The summed E-state index contributed by atoms with van der Waals surface area (Å²) in [6.45, 7) is 0.409. The molecule has 4 aromatic carbocycles. The SMILES string of the molecule is COc1ccc(N2C(=O)c3ccc(C(=O)O)cc3C2=O)cc1-c1nc2cc(-c3ccc4c(c3)OOC4)ccc2o1. The number of anilines is 1. The number of fused-ring (bicyclic) bond motifs is 3. The molecule has 3 heterocycles. The molecular weight excluding hydrogens is 516 g/mol. The maximum Gasteiger partial charge on any atom is 0.335 e. The Balaban J connectivity index is 1.27. The number of rotatable bonds is 5. The molecule has 0 unspecified atom stereocenters. The van der Waals surface area contributed by atoms with E-state index in [9.17, 15) is 19.5 Å². The number of carboxylic acids is 1. The molecule has 10 heteroatoms. The van der Waals surface area contributed by atoms with Gasteiger partial charge in [-0.1, -0.05) is 18.2 Å². The van der Waals surface area contributed by atoms with Crippen LogP contribution in [0.25, 0.3) is 33.7 Å². The van der Waals surface area contributed by atoms with Gasteiger partial charge < -0.3 is 19.1 Å². The Hall–Kier alpha value is -5.48. The van der Waals surface area contributed by atoms with E-state index in [0.29, 0.717) is 34.8 Å². The summed E-state index contributed by atoms with van der Waals surface area (Å²) in [5, 5.41) is 9.30. The average Bonchev–Trinajstić information content (AvgIpc) is 3.68. The van der Waals surface area contributed by atoms with Gasteiger partial charge in [0.1, 0.15) is 17.9 Å². The number of benzene rings is 4. The molecule has 0 atom stereocenters. The van der Waals surface area contributed by atoms with Crippen LogP contribution in [0.2, 0.25) is 0 Å². The highest BCUT2D eigenvalue weighted by molar-refractivity contribution is 6.34. The summed E-state index contributed by atoms with van der Waals surface area (Å²) in [5.41, 5.74) is 4.71. The van der Waals surface area contributed by atoms with Gasteiger partial charge in [-0.05, 0) is 65.7 Å². The average molecular weight is 534 g/mol. The zero-order chi connectivity index (χ0) is 27.5. The van der Waals surface area contributed by atoms with Crippen molar-refractivity contribution in [3.63, 3.8) is 0 Å². The highest BCUT2D eigenvalue weighted by Crippen LogP contribution is 2.39. The van der Waals surface area contributed by atoms with E-state index < -0.39 is 17.8 Å². The number of hydrogen-bond acceptors (Lipinski definition) is 8. The van der Waals surface area contributed by atoms with E-state index in [1.54, 1.807) is 18.2 Å². The molecule has 0 spiro atoms. The Kier molecular flexibility index (Phi) is 5.19. The molecule has 2 aliphatic rings. The minimum Gasteiger partial charge on any atom is -0.496 e. The van der Waals surface area contributed by atoms with E-state index in [4.69, 9.17) is 18.9 Å². The van der Waals surface area contributed by atoms with Crippen molar-refractivity contribution in [1.82, 2.24) is 4.98 Å². The normalized spacial score (nSPS) is 13.9. The number of carbonyl (C=O) groups is 3. The van der Waals surface area contributed by atoms with Crippen molar-refractivity contribution >= 4 is 34.6 Å². The fraction of sp³-hybridized carbons (Fsp3) is 0.0667. The topological polar surface area (TPSA) is 128 Å². The molecule has 0 saturated carbocycles. The summed E-state index contributed by atoms with van der Waals surface area (Å²) in [7, 11) is 1.49. The Labute approximate surface area is 225 Å². The van der Waals surface area contributed by atoms with Crippen molar-refractivity contribution in [2.24, 2.45) is 0 Å². The summed E-state index contributed by atoms with van der Waals surface area (Å²) in [6.07, 6.45) is 0. The molecule has 0 fully saturated rings. The highest BCUT2D eigenvalue weighted by atomic mass is 17.2. The number of carboxylic acid groups (broad SMARTS) is 1. The van der Waals surface area contributed by atoms with Crippen LogP contribution in [0.15, 0.2) is 77.2 Å². The van der Waals surface area contributed by atoms with E-state index >= 15 is 0 Å². The molecule has 196 valence electrons. The Morgan fingerprint density at radius 1 is 0.900 bits per heavy atom. The van der Waals surface area contributed by atoms with E-state index in [2.05, 4.69) is 4.98 Å². The van der Waals surface area contributed by atoms with Gasteiger partial charge in [-0.15, -0.1) is 0 Å². The Bertz CT molecular complexity index is 1910. The van der Waals surface area contributed by atoms with Crippen LogP contribution >= 0.6 is 0 Å². The number of hydrogen-bond donors (Lipinski definition) is 1. The number of imide groups is 1. The van der Waals surface area contributed by atoms with Crippen molar-refractivity contribution < 1.29 is 38.4 Å². The number of aromatic nitrogens is 1. The van der Waals surface area contributed by atoms with Crippen LogP contribution in [0.1, 0.15) is 36.6 Å². The minimum atomic E-state index is -1.19. The summed E-state index contributed by atoms with van der Waals surface area (Å²) < 4.78 is 11.6. The standard InChI is InChI=1S/C30H18N2O8/c1-37-24-9-6-19(32-28(33)20-7-4-17(30(35)36)10-21(20)29(32)34)13-22(24)27-31-23-11-15(5-8-25(23)39-27)16-2-3-18-14-38-40-26(18)12-16/h2-13H,14H2,1H3,(H,35,36). The highest BCUT2D eigenvalue weighted by Gasteiger charge is 2.37. The molecule has 10 nitrogen and oxygen atoms in total. The zero-order valence-electron chi connectivity index (χ0n) is 20.8. The van der Waals surface area contributed by atoms with E-state index in [0.717, 1.165) is 21.6 Å². The predicted molar refractivity (Wildman–Crippen MR) is 141 cm³/mol. The summed E-state index contributed by atoms with van der Waals surface area (Å²) in [6, 6.07) is 20.1. The van der Waals surface area contributed by atoms with Crippen molar-refractivity contribution in [1.29, 1.82) is 0 Å². The van der Waals surface area contributed by atoms with Gasteiger partial charge in [0.25, 0.3) is 11.8 Å². The van der Waals surface area contributed by atoms with Crippen molar-refractivity contribution in [2.75, 3.05) is 12.0 Å². The second kappa shape index (κ2) is 8.79. The monoisotopic (exact) mass is 534 g/mol. The molecule has 0 saturated heterocycles. The van der Waals surface area contributed by atoms with Gasteiger partial charge in [-0.3, -0.25) is 9.59 Å². The maximum atomic E-state index is 13.2. The van der Waals surface area contributed by atoms with Gasteiger partial charge in [0, 0.05) is 5.56 Å². The lowest BCUT2D eigenvalue weighted by molar-refractivity contribution is -0.194. The first-order valence-corrected chi connectivity index (χ1v) is 12.2. The van der Waals surface area contributed by atoms with Gasteiger partial charge in [0.2, 0.25) is 5.89 Å². The number of aromatic carboxylic acids is 1. The molecule has 1 aromatic heterocycles. The number of nitrogens with zero attached hydrogens (tertiary/aromatic N) is 2. The van der Waals surface area contributed by atoms with Gasteiger partial charge in [-0.25, -0.2) is 14.7 Å². The smallest absolute Gasteiger partial charge is 0.335 e. The molecule has 2 amide bonds. The van der Waals surface area contributed by atoms with Crippen LogP contribution in [0.4, 0.5) is 5.69 Å². The van der Waals surface area contributed by atoms with Crippen LogP contribution in [0, 0.1) is 0 Å². The summed E-state index contributed by atoms with van der Waals surface area (Å²) >= 11 is 0. The Morgan fingerprint density at radius 2 is 1.70 bits per heavy atom. The van der Waals surface area contributed by atoms with Crippen LogP contribution in [0.3, 0.4) is 0 Å². The Morgan fingerprint density at radius 3 is 2.52 bits per heavy atom. The molecule has 0 radical (unpaired) electrons. The van der Waals surface area contributed by atoms with Gasteiger partial charge >= 0.3 is 5.97 Å². The molecule has 1 N–H and O–H groups in total. The molecular formula is C30H18N2O8. The third-order valence-electron chi connectivity index (χ3n) is 6.96. The van der Waals surface area contributed by atoms with E-state index in [1.807, 2.05) is 36.4 Å². The van der Waals surface area contributed by atoms with Crippen LogP contribution in [0.5, 0.6) is 11.5 Å². The second-order valence-corrected chi connectivity index (χ2v) is 9.27. The predicted octanol–water partition coefficient (Wildman–Crippen LogP) is 5.49. The lowest BCUT2D eigenvalue weighted by atomic mass is 10.0. The van der Waals surface area contributed by atoms with Crippen molar-refractivity contribution in [3.05, 3.63) is 95.1 Å². The first kappa shape index (κ1) is 23.6. The fourth-order valence-electron chi connectivity index (χ4n) is 4.92.